The number of carbonyl (C=O) groups excluding carboxylic acids is 1. The van der Waals surface area contributed by atoms with Crippen molar-refractivity contribution < 1.29 is 13.9 Å². The number of aryl methyl sites for hydroxylation is 1. The monoisotopic (exact) mass is 367 g/mol. The van der Waals surface area contributed by atoms with Crippen molar-refractivity contribution in [3.05, 3.63) is 58.7 Å². The summed E-state index contributed by atoms with van der Waals surface area (Å²) >= 11 is 0. The van der Waals surface area contributed by atoms with E-state index in [4.69, 9.17) is 4.74 Å². The fraction of sp³-hybridized carbons (Fsp3) is 0.333. The molecule has 140 valence electrons. The average molecular weight is 367 g/mol. The lowest BCUT2D eigenvalue weighted by atomic mass is 10.1. The third-order valence-electron chi connectivity index (χ3n) is 4.81. The first-order chi connectivity index (χ1) is 13.0. The largest absolute Gasteiger partial charge is 0.376 e. The van der Waals surface area contributed by atoms with Gasteiger partial charge in [-0.05, 0) is 56.5 Å². The van der Waals surface area contributed by atoms with Gasteiger partial charge >= 0.3 is 0 Å². The summed E-state index contributed by atoms with van der Waals surface area (Å²) in [4.78, 5) is 12.4. The van der Waals surface area contributed by atoms with E-state index in [9.17, 15) is 14.4 Å². The van der Waals surface area contributed by atoms with E-state index in [1.165, 1.54) is 18.2 Å². The molecule has 1 aromatic carbocycles. The third kappa shape index (κ3) is 4.26. The van der Waals surface area contributed by atoms with Crippen LogP contribution in [-0.2, 0) is 16.1 Å². The second-order valence-corrected chi connectivity index (χ2v) is 6.68. The molecule has 2 heterocycles. The van der Waals surface area contributed by atoms with Crippen molar-refractivity contribution in [2.24, 2.45) is 0 Å². The van der Waals surface area contributed by atoms with Crippen molar-refractivity contribution in [1.29, 1.82) is 5.26 Å². The molecule has 0 bridgehead atoms. The Kier molecular flexibility index (Phi) is 5.72. The van der Waals surface area contributed by atoms with Crippen LogP contribution >= 0.6 is 0 Å². The van der Waals surface area contributed by atoms with E-state index in [-0.39, 0.29) is 17.4 Å². The van der Waals surface area contributed by atoms with E-state index in [0.717, 1.165) is 42.9 Å². The lowest BCUT2D eigenvalue weighted by molar-refractivity contribution is -0.112. The number of halogens is 1. The van der Waals surface area contributed by atoms with Gasteiger partial charge < -0.3 is 14.6 Å². The molecule has 1 unspecified atom stereocenters. The lowest BCUT2D eigenvalue weighted by Gasteiger charge is -2.14. The van der Waals surface area contributed by atoms with Crippen LogP contribution in [0.3, 0.4) is 0 Å². The van der Waals surface area contributed by atoms with Gasteiger partial charge in [-0.2, -0.15) is 5.26 Å². The van der Waals surface area contributed by atoms with Crippen LogP contribution in [0, 0.1) is 31.0 Å². The molecule has 2 aromatic rings. The summed E-state index contributed by atoms with van der Waals surface area (Å²) in [5.74, 6) is -1.18. The minimum absolute atomic E-state index is 0.0486. The number of benzene rings is 1. The van der Waals surface area contributed by atoms with Crippen LogP contribution in [0.15, 0.2) is 35.9 Å². The quantitative estimate of drug-likeness (QED) is 0.642. The first kappa shape index (κ1) is 18.9. The van der Waals surface area contributed by atoms with Crippen molar-refractivity contribution >= 4 is 17.7 Å². The van der Waals surface area contributed by atoms with Gasteiger partial charge in [0.05, 0.1) is 11.8 Å². The van der Waals surface area contributed by atoms with Crippen molar-refractivity contribution in [3.8, 4) is 6.07 Å². The molecule has 1 aliphatic heterocycles. The Balaban J connectivity index is 1.82. The van der Waals surface area contributed by atoms with Crippen LogP contribution in [-0.4, -0.2) is 23.2 Å². The molecule has 3 rings (SSSR count). The molecule has 1 aromatic heterocycles. The minimum atomic E-state index is -0.633. The van der Waals surface area contributed by atoms with Crippen LogP contribution < -0.4 is 5.32 Å². The summed E-state index contributed by atoms with van der Waals surface area (Å²) in [7, 11) is 0. The average Bonchev–Trinajstić information content (AvgIpc) is 3.25. The molecule has 0 spiro atoms. The van der Waals surface area contributed by atoms with E-state index < -0.39 is 11.7 Å². The molecule has 6 heteroatoms. The molecule has 0 aliphatic carbocycles. The van der Waals surface area contributed by atoms with Crippen LogP contribution in [0.4, 0.5) is 10.1 Å². The number of anilines is 1. The van der Waals surface area contributed by atoms with Gasteiger partial charge in [0, 0.05) is 24.5 Å². The van der Waals surface area contributed by atoms with Gasteiger partial charge in [-0.25, -0.2) is 4.39 Å². The maximum atomic E-state index is 13.7. The molecule has 1 fully saturated rings. The molecule has 1 aliphatic rings. The topological polar surface area (TPSA) is 67.0 Å². The van der Waals surface area contributed by atoms with E-state index in [1.54, 1.807) is 12.1 Å². The molecule has 1 saturated heterocycles. The first-order valence-electron chi connectivity index (χ1n) is 8.95. The maximum Gasteiger partial charge on any atom is 0.266 e. The van der Waals surface area contributed by atoms with Gasteiger partial charge in [-0.15, -0.1) is 0 Å². The summed E-state index contributed by atoms with van der Waals surface area (Å²) in [5, 5.41) is 11.9. The van der Waals surface area contributed by atoms with E-state index in [2.05, 4.69) is 9.88 Å². The van der Waals surface area contributed by atoms with E-state index >= 15 is 0 Å². The number of ether oxygens (including phenoxy) is 1. The van der Waals surface area contributed by atoms with Crippen molar-refractivity contribution in [3.63, 3.8) is 0 Å². The predicted molar refractivity (Wildman–Crippen MR) is 101 cm³/mol. The standard InChI is InChI=1S/C21H22FN3O2/c1-14-10-16(15(2)25(14)13-18-6-5-9-27-18)11-17(12-23)21(26)24-20-8-4-3-7-19(20)22/h3-4,7-8,10-11,18H,5-6,9,13H2,1-2H3,(H,24,26). The number of nitrogens with zero attached hydrogens (tertiary/aromatic N) is 2. The van der Waals surface area contributed by atoms with Crippen LogP contribution in [0.25, 0.3) is 6.08 Å². The van der Waals surface area contributed by atoms with Crippen molar-refractivity contribution in [1.82, 2.24) is 4.57 Å². The van der Waals surface area contributed by atoms with E-state index in [0.29, 0.717) is 0 Å². The van der Waals surface area contributed by atoms with Gasteiger partial charge in [-0.1, -0.05) is 12.1 Å². The highest BCUT2D eigenvalue weighted by molar-refractivity contribution is 6.09. The van der Waals surface area contributed by atoms with Crippen LogP contribution in [0.1, 0.15) is 29.8 Å². The Morgan fingerprint density at radius 1 is 1.44 bits per heavy atom. The third-order valence-corrected chi connectivity index (χ3v) is 4.81. The Morgan fingerprint density at radius 2 is 2.22 bits per heavy atom. The zero-order valence-electron chi connectivity index (χ0n) is 15.5. The summed E-state index contributed by atoms with van der Waals surface area (Å²) < 4.78 is 21.6. The summed E-state index contributed by atoms with van der Waals surface area (Å²) in [6.07, 6.45) is 3.86. The number of carbonyl (C=O) groups is 1. The van der Waals surface area contributed by atoms with Crippen molar-refractivity contribution in [2.75, 3.05) is 11.9 Å². The Labute approximate surface area is 158 Å². The van der Waals surface area contributed by atoms with Crippen LogP contribution in [0.5, 0.6) is 0 Å². The number of hydrogen-bond acceptors (Lipinski definition) is 3. The maximum absolute atomic E-state index is 13.7. The van der Waals surface area contributed by atoms with Crippen LogP contribution in [0.2, 0.25) is 0 Å². The molecule has 5 nitrogen and oxygen atoms in total. The number of aromatic nitrogens is 1. The molecular weight excluding hydrogens is 345 g/mol. The zero-order valence-corrected chi connectivity index (χ0v) is 15.5. The lowest BCUT2D eigenvalue weighted by Crippen LogP contribution is -2.17. The molecule has 1 N–H and O–H groups in total. The normalized spacial score (nSPS) is 17.0. The molecule has 1 atom stereocenters. The van der Waals surface area contributed by atoms with Gasteiger partial charge in [0.25, 0.3) is 5.91 Å². The second-order valence-electron chi connectivity index (χ2n) is 6.68. The van der Waals surface area contributed by atoms with E-state index in [1.807, 2.05) is 26.0 Å². The van der Waals surface area contributed by atoms with Crippen molar-refractivity contribution in [2.45, 2.75) is 39.3 Å². The Hall–Kier alpha value is -2.91. The first-order valence-corrected chi connectivity index (χ1v) is 8.95. The summed E-state index contributed by atoms with van der Waals surface area (Å²) in [5.41, 5.74) is 2.78. The highest BCUT2D eigenvalue weighted by atomic mass is 19.1. The summed E-state index contributed by atoms with van der Waals surface area (Å²) in [6, 6.07) is 9.72. The highest BCUT2D eigenvalue weighted by Gasteiger charge is 2.19. The highest BCUT2D eigenvalue weighted by Crippen LogP contribution is 2.22. The van der Waals surface area contributed by atoms with Gasteiger partial charge in [0.2, 0.25) is 0 Å². The molecule has 0 radical (unpaired) electrons. The Morgan fingerprint density at radius 3 is 2.89 bits per heavy atom. The van der Waals surface area contributed by atoms with Gasteiger partial charge in [0.15, 0.2) is 0 Å². The molecule has 0 saturated carbocycles. The second kappa shape index (κ2) is 8.19. The molecular formula is C21H22FN3O2. The predicted octanol–water partition coefficient (Wildman–Crippen LogP) is 3.97. The fourth-order valence-electron chi connectivity index (χ4n) is 3.30. The number of nitrogens with one attached hydrogen (secondary N) is 1. The number of para-hydroxylation sites is 1. The number of amides is 1. The fourth-order valence-corrected chi connectivity index (χ4v) is 3.30. The minimum Gasteiger partial charge on any atom is -0.376 e. The molecule has 27 heavy (non-hydrogen) atoms. The zero-order chi connectivity index (χ0) is 19.4. The number of nitriles is 1. The van der Waals surface area contributed by atoms with Gasteiger partial charge in [0.1, 0.15) is 17.5 Å². The Bertz CT molecular complexity index is 918. The number of hydrogen-bond donors (Lipinski definition) is 1. The van der Waals surface area contributed by atoms with Gasteiger partial charge in [-0.3, -0.25) is 4.79 Å². The molecule has 1 amide bonds. The SMILES string of the molecule is Cc1cc(C=C(C#N)C(=O)Nc2ccccc2F)c(C)n1CC1CCCO1. The number of rotatable bonds is 5. The smallest absolute Gasteiger partial charge is 0.266 e. The summed E-state index contributed by atoms with van der Waals surface area (Å²) in [6.45, 7) is 5.50.